The minimum atomic E-state index is -0.216. The van der Waals surface area contributed by atoms with Crippen LogP contribution < -0.4 is 15.4 Å². The molecule has 0 saturated carbocycles. The Labute approximate surface area is 174 Å². The highest BCUT2D eigenvalue weighted by Gasteiger charge is 2.08. The van der Waals surface area contributed by atoms with Crippen molar-refractivity contribution < 1.29 is 13.9 Å². The smallest absolute Gasteiger partial charge is 0.253 e. The largest absolute Gasteiger partial charge is 0.489 e. The van der Waals surface area contributed by atoms with Gasteiger partial charge in [-0.2, -0.15) is 0 Å². The maximum atomic E-state index is 12.3. The van der Waals surface area contributed by atoms with Crippen molar-refractivity contribution in [3.8, 4) is 5.75 Å². The molecule has 150 valence electrons. The van der Waals surface area contributed by atoms with Gasteiger partial charge in [-0.15, -0.1) is 0 Å². The molecular weight excluding hydrogens is 378 g/mol. The molecule has 0 fully saturated rings. The molecule has 0 unspecified atom stereocenters. The normalized spacial score (nSPS) is 10.4. The van der Waals surface area contributed by atoms with E-state index in [0.29, 0.717) is 24.5 Å². The van der Waals surface area contributed by atoms with Crippen LogP contribution in [0.15, 0.2) is 95.9 Å². The molecule has 6 nitrogen and oxygen atoms in total. The van der Waals surface area contributed by atoms with E-state index in [4.69, 9.17) is 9.15 Å². The van der Waals surface area contributed by atoms with Crippen LogP contribution in [0, 0.1) is 0 Å². The number of nitrogens with zero attached hydrogens (tertiary/aromatic N) is 1. The van der Waals surface area contributed by atoms with Crippen molar-refractivity contribution in [1.29, 1.82) is 0 Å². The summed E-state index contributed by atoms with van der Waals surface area (Å²) in [5.41, 5.74) is 3.18. The fourth-order valence-corrected chi connectivity index (χ4v) is 2.86. The molecule has 2 N–H and O–H groups in total. The molecule has 0 aliphatic rings. The molecule has 0 bridgehead atoms. The van der Waals surface area contributed by atoms with Crippen LogP contribution in [0.2, 0.25) is 0 Å². The summed E-state index contributed by atoms with van der Waals surface area (Å²) in [5.74, 6) is 1.26. The van der Waals surface area contributed by atoms with Crippen molar-refractivity contribution in [2.75, 3.05) is 5.32 Å². The SMILES string of the molecule is O=C(NCc1ccco1)c1cncc(Nc2ccc(OCc3ccccc3)cc2)c1. The van der Waals surface area contributed by atoms with Crippen LogP contribution in [0.3, 0.4) is 0 Å². The number of benzene rings is 2. The molecule has 0 atom stereocenters. The van der Waals surface area contributed by atoms with Gasteiger partial charge < -0.3 is 19.8 Å². The molecule has 2 aromatic carbocycles. The van der Waals surface area contributed by atoms with Crippen molar-refractivity contribution in [1.82, 2.24) is 10.3 Å². The summed E-state index contributed by atoms with van der Waals surface area (Å²) in [6.45, 7) is 0.848. The first-order chi connectivity index (χ1) is 14.8. The van der Waals surface area contributed by atoms with Gasteiger partial charge >= 0.3 is 0 Å². The predicted molar refractivity (Wildman–Crippen MR) is 115 cm³/mol. The maximum Gasteiger partial charge on any atom is 0.253 e. The Morgan fingerprint density at radius 3 is 2.53 bits per heavy atom. The Morgan fingerprint density at radius 1 is 0.933 bits per heavy atom. The molecule has 0 aliphatic carbocycles. The highest BCUT2D eigenvalue weighted by Crippen LogP contribution is 2.21. The molecule has 1 amide bonds. The zero-order valence-corrected chi connectivity index (χ0v) is 16.2. The van der Waals surface area contributed by atoms with Crippen molar-refractivity contribution in [3.05, 3.63) is 108 Å². The minimum Gasteiger partial charge on any atom is -0.489 e. The van der Waals surface area contributed by atoms with Gasteiger partial charge in [0, 0.05) is 11.9 Å². The third-order valence-electron chi connectivity index (χ3n) is 4.40. The van der Waals surface area contributed by atoms with Gasteiger partial charge in [0.2, 0.25) is 0 Å². The van der Waals surface area contributed by atoms with Crippen LogP contribution in [0.4, 0.5) is 11.4 Å². The lowest BCUT2D eigenvalue weighted by Crippen LogP contribution is -2.22. The Hall–Kier alpha value is -4.06. The summed E-state index contributed by atoms with van der Waals surface area (Å²) in [4.78, 5) is 16.5. The van der Waals surface area contributed by atoms with E-state index in [1.807, 2.05) is 60.7 Å². The zero-order chi connectivity index (χ0) is 20.6. The standard InChI is InChI=1S/C24H21N3O3/c28-24(26-16-23-7-4-12-29-23)19-13-21(15-25-14-19)27-20-8-10-22(11-9-20)30-17-18-5-2-1-3-6-18/h1-15,27H,16-17H2,(H,26,28). The Bertz CT molecular complexity index is 1080. The van der Waals surface area contributed by atoms with E-state index in [-0.39, 0.29) is 5.91 Å². The number of ether oxygens (including phenoxy) is 1. The second-order valence-corrected chi connectivity index (χ2v) is 6.65. The van der Waals surface area contributed by atoms with E-state index >= 15 is 0 Å². The van der Waals surface area contributed by atoms with Crippen LogP contribution in [0.25, 0.3) is 0 Å². The number of amides is 1. The predicted octanol–water partition coefficient (Wildman–Crippen LogP) is 4.93. The van der Waals surface area contributed by atoms with E-state index in [0.717, 1.165) is 22.7 Å². The van der Waals surface area contributed by atoms with Gasteiger partial charge in [-0.05, 0) is 48.0 Å². The topological polar surface area (TPSA) is 76.4 Å². The Kier molecular flexibility index (Phi) is 6.05. The fraction of sp³-hybridized carbons (Fsp3) is 0.0833. The van der Waals surface area contributed by atoms with E-state index < -0.39 is 0 Å². The number of nitrogens with one attached hydrogen (secondary N) is 2. The summed E-state index contributed by atoms with van der Waals surface area (Å²) < 4.78 is 11.0. The van der Waals surface area contributed by atoms with Gasteiger partial charge in [0.1, 0.15) is 18.1 Å². The molecule has 0 saturated heterocycles. The summed E-state index contributed by atoms with van der Waals surface area (Å²) in [5, 5.41) is 6.06. The third kappa shape index (κ3) is 5.26. The molecular formula is C24H21N3O3. The number of carbonyl (C=O) groups is 1. The second kappa shape index (κ2) is 9.43. The highest BCUT2D eigenvalue weighted by molar-refractivity contribution is 5.94. The van der Waals surface area contributed by atoms with E-state index in [1.165, 1.54) is 6.20 Å². The monoisotopic (exact) mass is 399 g/mol. The van der Waals surface area contributed by atoms with Gasteiger partial charge in [0.05, 0.1) is 30.3 Å². The number of pyridine rings is 1. The molecule has 4 aromatic rings. The first-order valence-corrected chi connectivity index (χ1v) is 9.56. The highest BCUT2D eigenvalue weighted by atomic mass is 16.5. The van der Waals surface area contributed by atoms with Gasteiger partial charge in [-0.3, -0.25) is 9.78 Å². The van der Waals surface area contributed by atoms with Gasteiger partial charge in [0.15, 0.2) is 0 Å². The molecule has 0 radical (unpaired) electrons. The molecule has 0 aliphatic heterocycles. The van der Waals surface area contributed by atoms with Crippen molar-refractivity contribution >= 4 is 17.3 Å². The summed E-state index contributed by atoms with van der Waals surface area (Å²) >= 11 is 0. The summed E-state index contributed by atoms with van der Waals surface area (Å²) in [6.07, 6.45) is 4.78. The fourth-order valence-electron chi connectivity index (χ4n) is 2.86. The van der Waals surface area contributed by atoms with E-state index in [9.17, 15) is 4.79 Å². The van der Waals surface area contributed by atoms with E-state index in [2.05, 4.69) is 15.6 Å². The van der Waals surface area contributed by atoms with Crippen LogP contribution in [0.5, 0.6) is 5.75 Å². The average molecular weight is 399 g/mol. The number of rotatable bonds is 8. The summed E-state index contributed by atoms with van der Waals surface area (Å²) in [6, 6.07) is 23.0. The number of hydrogen-bond acceptors (Lipinski definition) is 5. The van der Waals surface area contributed by atoms with Crippen molar-refractivity contribution in [2.24, 2.45) is 0 Å². The Morgan fingerprint density at radius 2 is 1.77 bits per heavy atom. The molecule has 2 heterocycles. The summed E-state index contributed by atoms with van der Waals surface area (Å²) in [7, 11) is 0. The molecule has 30 heavy (non-hydrogen) atoms. The van der Waals surface area contributed by atoms with E-state index in [1.54, 1.807) is 24.6 Å². The first-order valence-electron chi connectivity index (χ1n) is 9.56. The third-order valence-corrected chi connectivity index (χ3v) is 4.40. The molecule has 4 rings (SSSR count). The van der Waals surface area contributed by atoms with Gasteiger partial charge in [-0.25, -0.2) is 0 Å². The van der Waals surface area contributed by atoms with Gasteiger partial charge in [-0.1, -0.05) is 30.3 Å². The zero-order valence-electron chi connectivity index (χ0n) is 16.2. The quantitative estimate of drug-likeness (QED) is 0.439. The average Bonchev–Trinajstić information content (AvgIpc) is 3.32. The number of furan rings is 1. The van der Waals surface area contributed by atoms with Crippen LogP contribution in [-0.4, -0.2) is 10.9 Å². The van der Waals surface area contributed by atoms with Crippen molar-refractivity contribution in [3.63, 3.8) is 0 Å². The lowest BCUT2D eigenvalue weighted by Gasteiger charge is -2.10. The molecule has 2 aromatic heterocycles. The number of carbonyl (C=O) groups excluding carboxylic acids is 1. The minimum absolute atomic E-state index is 0.216. The van der Waals surface area contributed by atoms with Crippen molar-refractivity contribution in [2.45, 2.75) is 13.2 Å². The molecule has 0 spiro atoms. The van der Waals surface area contributed by atoms with Crippen LogP contribution >= 0.6 is 0 Å². The Balaban J connectivity index is 1.33. The maximum absolute atomic E-state index is 12.3. The lowest BCUT2D eigenvalue weighted by molar-refractivity contribution is 0.0947. The van der Waals surface area contributed by atoms with Crippen LogP contribution in [-0.2, 0) is 13.2 Å². The van der Waals surface area contributed by atoms with Crippen LogP contribution in [0.1, 0.15) is 21.7 Å². The number of aromatic nitrogens is 1. The number of anilines is 2. The first kappa shape index (κ1) is 19.3. The second-order valence-electron chi connectivity index (χ2n) is 6.65. The number of hydrogen-bond donors (Lipinski definition) is 2. The van der Waals surface area contributed by atoms with Gasteiger partial charge in [0.25, 0.3) is 5.91 Å². The lowest BCUT2D eigenvalue weighted by atomic mass is 10.2. The molecule has 6 heteroatoms.